The zero-order valence-corrected chi connectivity index (χ0v) is 12.9. The lowest BCUT2D eigenvalue weighted by Crippen LogP contribution is -2.01. The lowest BCUT2D eigenvalue weighted by Gasteiger charge is -2.08. The molecule has 0 saturated heterocycles. The number of fused-ring (bicyclic) bond motifs is 1. The molecule has 0 bridgehead atoms. The maximum Gasteiger partial charge on any atom is 0.313 e. The van der Waals surface area contributed by atoms with Crippen LogP contribution in [0.15, 0.2) is 47.6 Å². The highest BCUT2D eigenvalue weighted by Crippen LogP contribution is 2.30. The van der Waals surface area contributed by atoms with Gasteiger partial charge in [-0.3, -0.25) is 19.5 Å². The Hall–Kier alpha value is -2.94. The molecule has 122 valence electrons. The van der Waals surface area contributed by atoms with E-state index in [2.05, 4.69) is 4.98 Å². The summed E-state index contributed by atoms with van der Waals surface area (Å²) < 4.78 is 14.8. The number of hydrogen-bond donors (Lipinski definition) is 1. The summed E-state index contributed by atoms with van der Waals surface area (Å²) in [5.74, 6) is -1.63. The second-order valence-electron chi connectivity index (χ2n) is 4.82. The van der Waals surface area contributed by atoms with Crippen molar-refractivity contribution in [2.75, 3.05) is 5.75 Å². The van der Waals surface area contributed by atoms with Crippen LogP contribution in [0.2, 0.25) is 0 Å². The van der Waals surface area contributed by atoms with Crippen molar-refractivity contribution in [2.24, 2.45) is 0 Å². The summed E-state index contributed by atoms with van der Waals surface area (Å²) in [6.07, 6.45) is 0. The lowest BCUT2D eigenvalue weighted by molar-refractivity contribution is -0.384. The highest BCUT2D eigenvalue weighted by Gasteiger charge is 2.17. The molecule has 2 aromatic carbocycles. The molecule has 0 aliphatic heterocycles. The number of benzene rings is 2. The van der Waals surface area contributed by atoms with Crippen molar-refractivity contribution in [2.45, 2.75) is 5.16 Å². The molecule has 0 radical (unpaired) electrons. The average molecular weight is 347 g/mol. The molecule has 0 atom stereocenters. The van der Waals surface area contributed by atoms with E-state index in [1.54, 1.807) is 4.57 Å². The van der Waals surface area contributed by atoms with Crippen LogP contribution in [0.4, 0.5) is 10.1 Å². The topological polar surface area (TPSA) is 98.3 Å². The van der Waals surface area contributed by atoms with Gasteiger partial charge in [0.1, 0.15) is 5.82 Å². The van der Waals surface area contributed by atoms with Gasteiger partial charge in [-0.05, 0) is 30.3 Å². The van der Waals surface area contributed by atoms with Crippen molar-refractivity contribution >= 4 is 34.5 Å². The van der Waals surface area contributed by atoms with Gasteiger partial charge in [-0.2, -0.15) is 0 Å². The standard InChI is InChI=1S/C15H10FN3O4S/c16-9-1-3-10(4-2-9)18-13-6-5-11(19(22)23)7-12(13)17-15(18)24-8-14(20)21/h1-7H,8H2,(H,20,21). The van der Waals surface area contributed by atoms with Gasteiger partial charge in [0.2, 0.25) is 0 Å². The number of carbonyl (C=O) groups is 1. The Balaban J connectivity index is 2.18. The number of aliphatic carboxylic acids is 1. The summed E-state index contributed by atoms with van der Waals surface area (Å²) in [7, 11) is 0. The van der Waals surface area contributed by atoms with Gasteiger partial charge in [0.05, 0.1) is 21.7 Å². The summed E-state index contributed by atoms with van der Waals surface area (Å²) >= 11 is 0.983. The Morgan fingerprint density at radius 3 is 2.62 bits per heavy atom. The first-order valence-corrected chi connectivity index (χ1v) is 7.71. The molecular weight excluding hydrogens is 337 g/mol. The second kappa shape index (κ2) is 6.28. The van der Waals surface area contributed by atoms with Crippen LogP contribution < -0.4 is 0 Å². The average Bonchev–Trinajstić information content (AvgIpc) is 2.91. The minimum Gasteiger partial charge on any atom is -0.481 e. The fraction of sp³-hybridized carbons (Fsp3) is 0.0667. The van der Waals surface area contributed by atoms with Gasteiger partial charge in [-0.1, -0.05) is 11.8 Å². The first-order valence-electron chi connectivity index (χ1n) is 6.73. The van der Waals surface area contributed by atoms with Gasteiger partial charge in [-0.15, -0.1) is 0 Å². The number of aromatic nitrogens is 2. The second-order valence-corrected chi connectivity index (χ2v) is 5.76. The highest BCUT2D eigenvalue weighted by molar-refractivity contribution is 7.99. The molecule has 0 aliphatic rings. The number of halogens is 1. The molecule has 9 heteroatoms. The van der Waals surface area contributed by atoms with E-state index in [1.807, 2.05) is 0 Å². The van der Waals surface area contributed by atoms with Gasteiger partial charge >= 0.3 is 5.97 Å². The Kier molecular flexibility index (Phi) is 4.17. The quantitative estimate of drug-likeness (QED) is 0.432. The number of thioether (sulfide) groups is 1. The van der Waals surface area contributed by atoms with E-state index in [4.69, 9.17) is 5.11 Å². The zero-order valence-electron chi connectivity index (χ0n) is 12.0. The number of imidazole rings is 1. The first kappa shape index (κ1) is 15.9. The fourth-order valence-corrected chi connectivity index (χ4v) is 2.97. The molecule has 3 rings (SSSR count). The van der Waals surface area contributed by atoms with Crippen LogP contribution in [0.5, 0.6) is 0 Å². The van der Waals surface area contributed by atoms with Gasteiger partial charge in [-0.25, -0.2) is 9.37 Å². The third-order valence-electron chi connectivity index (χ3n) is 3.23. The van der Waals surface area contributed by atoms with Crippen LogP contribution in [-0.2, 0) is 4.79 Å². The van der Waals surface area contributed by atoms with E-state index in [-0.39, 0.29) is 11.4 Å². The third kappa shape index (κ3) is 3.06. The molecular formula is C15H10FN3O4S. The normalized spacial score (nSPS) is 10.9. The Morgan fingerprint density at radius 1 is 1.29 bits per heavy atom. The van der Waals surface area contributed by atoms with Gasteiger partial charge in [0.15, 0.2) is 5.16 Å². The Bertz CT molecular complexity index is 940. The molecule has 3 aromatic rings. The van der Waals surface area contributed by atoms with Crippen LogP contribution >= 0.6 is 11.8 Å². The Morgan fingerprint density at radius 2 is 2.00 bits per heavy atom. The van der Waals surface area contributed by atoms with Crippen molar-refractivity contribution in [3.8, 4) is 5.69 Å². The largest absolute Gasteiger partial charge is 0.481 e. The maximum absolute atomic E-state index is 13.2. The predicted molar refractivity (Wildman–Crippen MR) is 86.0 cm³/mol. The molecule has 24 heavy (non-hydrogen) atoms. The molecule has 0 aliphatic carbocycles. The smallest absolute Gasteiger partial charge is 0.313 e. The summed E-state index contributed by atoms with van der Waals surface area (Å²) in [4.78, 5) is 25.5. The van der Waals surface area contributed by atoms with Crippen LogP contribution in [0.25, 0.3) is 16.7 Å². The molecule has 7 nitrogen and oxygen atoms in total. The molecule has 1 heterocycles. The monoisotopic (exact) mass is 347 g/mol. The zero-order chi connectivity index (χ0) is 17.3. The predicted octanol–water partition coefficient (Wildman–Crippen LogP) is 3.25. The lowest BCUT2D eigenvalue weighted by atomic mass is 10.2. The van der Waals surface area contributed by atoms with E-state index < -0.39 is 16.7 Å². The van der Waals surface area contributed by atoms with Crippen molar-refractivity contribution in [3.05, 3.63) is 58.4 Å². The molecule has 1 N–H and O–H groups in total. The highest BCUT2D eigenvalue weighted by atomic mass is 32.2. The van der Waals surface area contributed by atoms with Gasteiger partial charge in [0.25, 0.3) is 5.69 Å². The van der Waals surface area contributed by atoms with E-state index >= 15 is 0 Å². The number of nitrogens with zero attached hydrogens (tertiary/aromatic N) is 3. The van der Waals surface area contributed by atoms with Crippen LogP contribution in [0.1, 0.15) is 0 Å². The summed E-state index contributed by atoms with van der Waals surface area (Å²) in [6, 6.07) is 9.81. The number of hydrogen-bond acceptors (Lipinski definition) is 5. The van der Waals surface area contributed by atoms with Crippen molar-refractivity contribution in [1.82, 2.24) is 9.55 Å². The molecule has 0 fully saturated rings. The van der Waals surface area contributed by atoms with E-state index in [9.17, 15) is 19.3 Å². The molecule has 0 spiro atoms. The fourth-order valence-electron chi connectivity index (χ4n) is 2.22. The third-order valence-corrected chi connectivity index (χ3v) is 4.15. The van der Waals surface area contributed by atoms with Crippen molar-refractivity contribution in [1.29, 1.82) is 0 Å². The van der Waals surface area contributed by atoms with E-state index in [0.29, 0.717) is 21.9 Å². The SMILES string of the molecule is O=C(O)CSc1nc2cc([N+](=O)[O-])ccc2n1-c1ccc(F)cc1. The molecule has 0 unspecified atom stereocenters. The molecule has 1 aromatic heterocycles. The summed E-state index contributed by atoms with van der Waals surface area (Å²) in [5.41, 5.74) is 1.41. The van der Waals surface area contributed by atoms with Crippen molar-refractivity contribution in [3.63, 3.8) is 0 Å². The Labute approximate surface area is 138 Å². The number of nitro groups is 1. The number of carboxylic acid groups (broad SMARTS) is 1. The van der Waals surface area contributed by atoms with Crippen LogP contribution in [0, 0.1) is 15.9 Å². The minimum absolute atomic E-state index is 0.110. The van der Waals surface area contributed by atoms with Crippen LogP contribution in [-0.4, -0.2) is 31.3 Å². The number of non-ortho nitro benzene ring substituents is 1. The summed E-state index contributed by atoms with van der Waals surface area (Å²) in [5, 5.41) is 20.1. The number of carboxylic acids is 1. The first-order chi connectivity index (χ1) is 11.5. The number of nitro benzene ring substituents is 1. The van der Waals surface area contributed by atoms with E-state index in [1.165, 1.54) is 42.5 Å². The molecule has 0 saturated carbocycles. The van der Waals surface area contributed by atoms with Gasteiger partial charge in [0, 0.05) is 17.8 Å². The number of rotatable bonds is 5. The van der Waals surface area contributed by atoms with Crippen LogP contribution in [0.3, 0.4) is 0 Å². The maximum atomic E-state index is 13.2. The van der Waals surface area contributed by atoms with Gasteiger partial charge < -0.3 is 5.11 Å². The summed E-state index contributed by atoms with van der Waals surface area (Å²) in [6.45, 7) is 0. The molecule has 0 amide bonds. The minimum atomic E-state index is -1.01. The van der Waals surface area contributed by atoms with Crippen molar-refractivity contribution < 1.29 is 19.2 Å². The van der Waals surface area contributed by atoms with E-state index in [0.717, 1.165) is 11.8 Å².